The summed E-state index contributed by atoms with van der Waals surface area (Å²) in [6.45, 7) is 0. The van der Waals surface area contributed by atoms with Crippen molar-refractivity contribution < 1.29 is 19.0 Å². The third kappa shape index (κ3) is 4.00. The van der Waals surface area contributed by atoms with Crippen LogP contribution in [0.3, 0.4) is 0 Å². The number of ketones is 1. The van der Waals surface area contributed by atoms with E-state index in [1.165, 1.54) is 0 Å². The van der Waals surface area contributed by atoms with Crippen LogP contribution in [0.4, 0.5) is 0 Å². The third-order valence-corrected chi connectivity index (χ3v) is 4.92. The molecule has 0 aliphatic heterocycles. The smallest absolute Gasteiger partial charge is 0.203 e. The molecule has 1 heterocycles. The fourth-order valence-corrected chi connectivity index (χ4v) is 3.42. The fourth-order valence-electron chi connectivity index (χ4n) is 3.42. The maximum absolute atomic E-state index is 13.4. The van der Waals surface area contributed by atoms with Gasteiger partial charge in [0.05, 0.1) is 37.9 Å². The number of ether oxygens (including phenoxy) is 3. The number of aromatic amines is 1. The van der Waals surface area contributed by atoms with E-state index < -0.39 is 0 Å². The Morgan fingerprint density at radius 3 is 2.13 bits per heavy atom. The summed E-state index contributed by atoms with van der Waals surface area (Å²) in [5.41, 5.74) is 3.36. The zero-order chi connectivity index (χ0) is 21.8. The van der Waals surface area contributed by atoms with Crippen LogP contribution >= 0.6 is 0 Å². The van der Waals surface area contributed by atoms with E-state index in [1.54, 1.807) is 51.7 Å². The predicted octanol–water partition coefficient (Wildman–Crippen LogP) is 5.01. The Labute approximate surface area is 180 Å². The van der Waals surface area contributed by atoms with Crippen LogP contribution in [0.25, 0.3) is 22.7 Å². The summed E-state index contributed by atoms with van der Waals surface area (Å²) in [5.74, 6) is 1.84. The quantitative estimate of drug-likeness (QED) is 0.340. The van der Waals surface area contributed by atoms with E-state index in [-0.39, 0.29) is 5.78 Å². The van der Waals surface area contributed by atoms with Crippen molar-refractivity contribution in [3.8, 4) is 17.2 Å². The number of fused-ring (bicyclic) bond motifs is 1. The van der Waals surface area contributed by atoms with E-state index in [2.05, 4.69) is 9.97 Å². The molecule has 0 fully saturated rings. The molecule has 4 rings (SSSR count). The van der Waals surface area contributed by atoms with Crippen molar-refractivity contribution in [1.29, 1.82) is 0 Å². The molecule has 0 saturated carbocycles. The van der Waals surface area contributed by atoms with Crippen molar-refractivity contribution in [2.45, 2.75) is 0 Å². The molecule has 0 aliphatic carbocycles. The van der Waals surface area contributed by atoms with Crippen molar-refractivity contribution in [3.05, 3.63) is 83.7 Å². The van der Waals surface area contributed by atoms with Crippen LogP contribution in [-0.4, -0.2) is 37.1 Å². The number of allylic oxidation sites excluding steroid dienone is 1. The molecule has 1 aromatic heterocycles. The van der Waals surface area contributed by atoms with Gasteiger partial charge in [-0.1, -0.05) is 42.5 Å². The van der Waals surface area contributed by atoms with Crippen LogP contribution in [0.15, 0.2) is 66.7 Å². The lowest BCUT2D eigenvalue weighted by atomic mass is 10.00. The summed E-state index contributed by atoms with van der Waals surface area (Å²) in [5, 5.41) is 0. The lowest BCUT2D eigenvalue weighted by Gasteiger charge is -2.13. The number of aromatic nitrogens is 2. The number of H-pyrrole nitrogens is 1. The number of Topliss-reactive ketones (excluding diaryl/α,β-unsaturated/α-hetero) is 1. The number of hydrogen-bond donors (Lipinski definition) is 1. The van der Waals surface area contributed by atoms with Crippen molar-refractivity contribution in [2.24, 2.45) is 0 Å². The fraction of sp³-hybridized carbons (Fsp3) is 0.120. The van der Waals surface area contributed by atoms with Gasteiger partial charge in [-0.25, -0.2) is 4.98 Å². The average Bonchev–Trinajstić information content (AvgIpc) is 3.25. The average molecular weight is 414 g/mol. The van der Waals surface area contributed by atoms with Gasteiger partial charge in [0.15, 0.2) is 17.3 Å². The van der Waals surface area contributed by atoms with Crippen LogP contribution in [0.1, 0.15) is 21.7 Å². The van der Waals surface area contributed by atoms with Crippen LogP contribution in [0, 0.1) is 0 Å². The molecule has 0 bridgehead atoms. The molecule has 0 saturated heterocycles. The molecule has 0 radical (unpaired) electrons. The summed E-state index contributed by atoms with van der Waals surface area (Å²) >= 11 is 0. The van der Waals surface area contributed by atoms with Gasteiger partial charge in [0, 0.05) is 5.56 Å². The van der Waals surface area contributed by atoms with Gasteiger partial charge in [-0.2, -0.15) is 0 Å². The lowest BCUT2D eigenvalue weighted by molar-refractivity contribution is 0.105. The number of benzene rings is 3. The number of carbonyl (C=O) groups excluding carboxylic acids is 1. The van der Waals surface area contributed by atoms with E-state index in [4.69, 9.17) is 14.2 Å². The molecule has 0 atom stereocenters. The van der Waals surface area contributed by atoms with Crippen LogP contribution in [0.2, 0.25) is 0 Å². The molecule has 0 amide bonds. The molecule has 3 aromatic carbocycles. The van der Waals surface area contributed by atoms with Crippen LogP contribution in [0.5, 0.6) is 17.2 Å². The van der Waals surface area contributed by atoms with Gasteiger partial charge in [-0.05, 0) is 35.9 Å². The van der Waals surface area contributed by atoms with Crippen molar-refractivity contribution >= 4 is 28.5 Å². The molecule has 4 aromatic rings. The van der Waals surface area contributed by atoms with E-state index in [9.17, 15) is 4.79 Å². The number of methoxy groups -OCH3 is 3. The second kappa shape index (κ2) is 8.75. The van der Waals surface area contributed by atoms with E-state index in [1.807, 2.05) is 42.5 Å². The van der Waals surface area contributed by atoms with Gasteiger partial charge < -0.3 is 19.2 Å². The zero-order valence-corrected chi connectivity index (χ0v) is 17.5. The SMILES string of the molecule is COc1cc(C=C(C(=O)c2ccccc2)c2nc3ccccc3[nH]2)cc(OC)c1OC. The first kappa shape index (κ1) is 20.2. The van der Waals surface area contributed by atoms with Gasteiger partial charge in [-0.3, -0.25) is 4.79 Å². The molecule has 156 valence electrons. The van der Waals surface area contributed by atoms with Crippen molar-refractivity contribution in [2.75, 3.05) is 21.3 Å². The number of nitrogens with zero attached hydrogens (tertiary/aromatic N) is 1. The van der Waals surface area contributed by atoms with E-state index in [0.717, 1.165) is 11.0 Å². The number of rotatable bonds is 7. The molecule has 0 spiro atoms. The topological polar surface area (TPSA) is 73.4 Å². The Kier molecular flexibility index (Phi) is 5.71. The Balaban J connectivity index is 1.90. The molecule has 6 nitrogen and oxygen atoms in total. The summed E-state index contributed by atoms with van der Waals surface area (Å²) in [6, 6.07) is 20.4. The highest BCUT2D eigenvalue weighted by molar-refractivity contribution is 6.32. The second-order valence-electron chi connectivity index (χ2n) is 6.81. The second-order valence-corrected chi connectivity index (χ2v) is 6.81. The molecule has 31 heavy (non-hydrogen) atoms. The third-order valence-electron chi connectivity index (χ3n) is 4.92. The first-order valence-corrected chi connectivity index (χ1v) is 9.71. The largest absolute Gasteiger partial charge is 0.493 e. The number of para-hydroxylation sites is 2. The number of nitrogens with one attached hydrogen (secondary N) is 1. The summed E-state index contributed by atoms with van der Waals surface area (Å²) in [7, 11) is 4.66. The van der Waals surface area contributed by atoms with Gasteiger partial charge >= 0.3 is 0 Å². The monoisotopic (exact) mass is 414 g/mol. The zero-order valence-electron chi connectivity index (χ0n) is 17.5. The minimum atomic E-state index is -0.145. The van der Waals surface area contributed by atoms with Gasteiger partial charge in [-0.15, -0.1) is 0 Å². The maximum atomic E-state index is 13.4. The lowest BCUT2D eigenvalue weighted by Crippen LogP contribution is -2.04. The van der Waals surface area contributed by atoms with Crippen molar-refractivity contribution in [3.63, 3.8) is 0 Å². The Morgan fingerprint density at radius 2 is 1.52 bits per heavy atom. The van der Waals surface area contributed by atoms with Gasteiger partial charge in [0.1, 0.15) is 5.82 Å². The van der Waals surface area contributed by atoms with Gasteiger partial charge in [0.2, 0.25) is 5.75 Å². The summed E-state index contributed by atoms with van der Waals surface area (Å²) in [4.78, 5) is 21.3. The highest BCUT2D eigenvalue weighted by Crippen LogP contribution is 2.39. The van der Waals surface area contributed by atoms with Crippen molar-refractivity contribution in [1.82, 2.24) is 9.97 Å². The minimum Gasteiger partial charge on any atom is -0.493 e. The standard InChI is InChI=1S/C25H22N2O4/c1-29-21-14-16(15-22(30-2)24(21)31-3)13-18(23(28)17-9-5-4-6-10-17)25-26-19-11-7-8-12-20(19)27-25/h4-15H,1-3H3,(H,26,27). The maximum Gasteiger partial charge on any atom is 0.203 e. The molecule has 0 unspecified atom stereocenters. The summed E-state index contributed by atoms with van der Waals surface area (Å²) in [6.07, 6.45) is 1.78. The van der Waals surface area contributed by atoms with E-state index in [0.29, 0.717) is 39.8 Å². The number of carbonyl (C=O) groups is 1. The Morgan fingerprint density at radius 1 is 0.871 bits per heavy atom. The minimum absolute atomic E-state index is 0.145. The predicted molar refractivity (Wildman–Crippen MR) is 121 cm³/mol. The highest BCUT2D eigenvalue weighted by atomic mass is 16.5. The van der Waals surface area contributed by atoms with Crippen LogP contribution in [-0.2, 0) is 0 Å². The first-order valence-electron chi connectivity index (χ1n) is 9.71. The highest BCUT2D eigenvalue weighted by Gasteiger charge is 2.19. The van der Waals surface area contributed by atoms with E-state index >= 15 is 0 Å². The Bertz CT molecular complexity index is 1200. The molecule has 0 aliphatic rings. The Hall–Kier alpha value is -4.06. The molecular weight excluding hydrogens is 392 g/mol. The molecular formula is C25H22N2O4. The molecule has 6 heteroatoms. The first-order chi connectivity index (χ1) is 15.1. The van der Waals surface area contributed by atoms with Crippen LogP contribution < -0.4 is 14.2 Å². The number of hydrogen-bond acceptors (Lipinski definition) is 5. The van der Waals surface area contributed by atoms with Gasteiger partial charge in [0.25, 0.3) is 0 Å². The summed E-state index contributed by atoms with van der Waals surface area (Å²) < 4.78 is 16.3. The number of imidazole rings is 1. The molecule has 1 N–H and O–H groups in total. The normalized spacial score (nSPS) is 11.4.